The van der Waals surface area contributed by atoms with Gasteiger partial charge in [0, 0.05) is 11.6 Å². The maximum absolute atomic E-state index is 12.3. The number of carbonyl (C=O) groups excluding carboxylic acids is 1. The molecular formula is C17H24N2O. The van der Waals surface area contributed by atoms with Gasteiger partial charge in [0.15, 0.2) is 5.78 Å². The SMILES string of the molecule is CCCCN(CC(=O)c1ccc(C#N)cc1)C(C)CC. The van der Waals surface area contributed by atoms with Gasteiger partial charge in [-0.1, -0.05) is 32.4 Å². The van der Waals surface area contributed by atoms with Crippen LogP contribution >= 0.6 is 0 Å². The van der Waals surface area contributed by atoms with E-state index in [0.29, 0.717) is 23.7 Å². The van der Waals surface area contributed by atoms with Crippen molar-refractivity contribution in [3.05, 3.63) is 35.4 Å². The predicted molar refractivity (Wildman–Crippen MR) is 81.7 cm³/mol. The molecule has 0 radical (unpaired) electrons. The molecule has 0 saturated heterocycles. The highest BCUT2D eigenvalue weighted by Gasteiger charge is 2.16. The second-order valence-electron chi connectivity index (χ2n) is 5.19. The van der Waals surface area contributed by atoms with Crippen LogP contribution in [0, 0.1) is 11.3 Å². The standard InChI is InChI=1S/C17H24N2O/c1-4-6-11-19(14(3)5-2)13-17(20)16-9-7-15(12-18)8-10-16/h7-10,14H,4-6,11,13H2,1-3H3. The Morgan fingerprint density at radius 3 is 2.45 bits per heavy atom. The van der Waals surface area contributed by atoms with Gasteiger partial charge in [-0.05, 0) is 38.4 Å². The molecule has 0 spiro atoms. The number of hydrogen-bond donors (Lipinski definition) is 0. The Balaban J connectivity index is 2.71. The summed E-state index contributed by atoms with van der Waals surface area (Å²) in [5.41, 5.74) is 1.28. The van der Waals surface area contributed by atoms with Crippen molar-refractivity contribution in [2.75, 3.05) is 13.1 Å². The summed E-state index contributed by atoms with van der Waals surface area (Å²) in [4.78, 5) is 14.6. The molecule has 108 valence electrons. The Morgan fingerprint density at radius 1 is 1.30 bits per heavy atom. The molecule has 1 atom stereocenters. The van der Waals surface area contributed by atoms with E-state index in [1.165, 1.54) is 0 Å². The number of unbranched alkanes of at least 4 members (excludes halogenated alkanes) is 1. The zero-order valence-electron chi connectivity index (χ0n) is 12.7. The summed E-state index contributed by atoms with van der Waals surface area (Å²) in [5, 5.41) is 8.77. The van der Waals surface area contributed by atoms with Crippen molar-refractivity contribution in [1.82, 2.24) is 4.90 Å². The number of hydrogen-bond acceptors (Lipinski definition) is 3. The number of ketones is 1. The molecular weight excluding hydrogens is 248 g/mol. The summed E-state index contributed by atoms with van der Waals surface area (Å²) in [7, 11) is 0. The van der Waals surface area contributed by atoms with Gasteiger partial charge < -0.3 is 0 Å². The molecule has 1 aromatic rings. The van der Waals surface area contributed by atoms with E-state index in [2.05, 4.69) is 31.7 Å². The fourth-order valence-electron chi connectivity index (χ4n) is 2.08. The van der Waals surface area contributed by atoms with Crippen LogP contribution in [0.25, 0.3) is 0 Å². The molecule has 3 heteroatoms. The Hall–Kier alpha value is -1.66. The number of nitriles is 1. The molecule has 0 aromatic heterocycles. The minimum Gasteiger partial charge on any atom is -0.293 e. The smallest absolute Gasteiger partial charge is 0.176 e. The molecule has 0 N–H and O–H groups in total. The van der Waals surface area contributed by atoms with Gasteiger partial charge in [0.25, 0.3) is 0 Å². The van der Waals surface area contributed by atoms with E-state index in [-0.39, 0.29) is 5.78 Å². The van der Waals surface area contributed by atoms with Gasteiger partial charge in [0.05, 0.1) is 18.2 Å². The van der Waals surface area contributed by atoms with Gasteiger partial charge in [-0.25, -0.2) is 0 Å². The quantitative estimate of drug-likeness (QED) is 0.679. The van der Waals surface area contributed by atoms with Crippen molar-refractivity contribution in [1.29, 1.82) is 5.26 Å². The van der Waals surface area contributed by atoms with Crippen molar-refractivity contribution in [3.63, 3.8) is 0 Å². The van der Waals surface area contributed by atoms with Crippen LogP contribution in [-0.4, -0.2) is 29.8 Å². The summed E-state index contributed by atoms with van der Waals surface area (Å²) in [6, 6.07) is 9.38. The van der Waals surface area contributed by atoms with Gasteiger partial charge >= 0.3 is 0 Å². The number of carbonyl (C=O) groups is 1. The van der Waals surface area contributed by atoms with E-state index in [4.69, 9.17) is 5.26 Å². The first kappa shape index (κ1) is 16.4. The lowest BCUT2D eigenvalue weighted by Crippen LogP contribution is -2.37. The molecule has 3 nitrogen and oxygen atoms in total. The fourth-order valence-corrected chi connectivity index (χ4v) is 2.08. The van der Waals surface area contributed by atoms with Crippen molar-refractivity contribution >= 4 is 5.78 Å². The molecule has 0 aliphatic carbocycles. The highest BCUT2D eigenvalue weighted by molar-refractivity contribution is 5.97. The molecule has 0 amide bonds. The lowest BCUT2D eigenvalue weighted by Gasteiger charge is -2.27. The van der Waals surface area contributed by atoms with Crippen molar-refractivity contribution < 1.29 is 4.79 Å². The predicted octanol–water partition coefficient (Wildman–Crippen LogP) is 3.64. The van der Waals surface area contributed by atoms with E-state index in [9.17, 15) is 4.79 Å². The molecule has 0 heterocycles. The third-order valence-corrected chi connectivity index (χ3v) is 3.70. The van der Waals surface area contributed by atoms with Crippen LogP contribution in [0.1, 0.15) is 56.0 Å². The average Bonchev–Trinajstić information content (AvgIpc) is 2.50. The van der Waals surface area contributed by atoms with Gasteiger partial charge in [0.1, 0.15) is 0 Å². The topological polar surface area (TPSA) is 44.1 Å². The maximum Gasteiger partial charge on any atom is 0.176 e. The largest absolute Gasteiger partial charge is 0.293 e. The number of rotatable bonds is 8. The van der Waals surface area contributed by atoms with Crippen LogP contribution in [0.5, 0.6) is 0 Å². The number of Topliss-reactive ketones (excluding diaryl/α,β-unsaturated/α-hetero) is 1. The molecule has 20 heavy (non-hydrogen) atoms. The second-order valence-corrected chi connectivity index (χ2v) is 5.19. The minimum atomic E-state index is 0.130. The van der Waals surface area contributed by atoms with Gasteiger partial charge in [-0.3, -0.25) is 9.69 Å². The van der Waals surface area contributed by atoms with Crippen LogP contribution in [-0.2, 0) is 0 Å². The highest BCUT2D eigenvalue weighted by Crippen LogP contribution is 2.10. The van der Waals surface area contributed by atoms with Gasteiger partial charge in [-0.15, -0.1) is 0 Å². The third-order valence-electron chi connectivity index (χ3n) is 3.70. The third kappa shape index (κ3) is 4.79. The van der Waals surface area contributed by atoms with E-state index in [1.807, 2.05) is 0 Å². The number of nitrogens with zero attached hydrogens (tertiary/aromatic N) is 2. The first-order chi connectivity index (χ1) is 9.62. The van der Waals surface area contributed by atoms with Crippen molar-refractivity contribution in [2.45, 2.75) is 46.1 Å². The summed E-state index contributed by atoms with van der Waals surface area (Å²) in [6.07, 6.45) is 3.30. The van der Waals surface area contributed by atoms with Gasteiger partial charge in [0.2, 0.25) is 0 Å². The molecule has 1 rings (SSSR count). The number of benzene rings is 1. The minimum absolute atomic E-state index is 0.130. The lowest BCUT2D eigenvalue weighted by molar-refractivity contribution is 0.0894. The van der Waals surface area contributed by atoms with Crippen LogP contribution in [0.2, 0.25) is 0 Å². The molecule has 1 aromatic carbocycles. The average molecular weight is 272 g/mol. The van der Waals surface area contributed by atoms with Crippen LogP contribution in [0.4, 0.5) is 0 Å². The monoisotopic (exact) mass is 272 g/mol. The Morgan fingerprint density at radius 2 is 1.95 bits per heavy atom. The lowest BCUT2D eigenvalue weighted by atomic mass is 10.1. The van der Waals surface area contributed by atoms with Crippen LogP contribution < -0.4 is 0 Å². The van der Waals surface area contributed by atoms with E-state index >= 15 is 0 Å². The fraction of sp³-hybridized carbons (Fsp3) is 0.529. The normalized spacial score (nSPS) is 12.2. The maximum atomic E-state index is 12.3. The summed E-state index contributed by atoms with van der Waals surface area (Å²) >= 11 is 0. The zero-order valence-corrected chi connectivity index (χ0v) is 12.7. The molecule has 0 saturated carbocycles. The van der Waals surface area contributed by atoms with Crippen molar-refractivity contribution in [2.24, 2.45) is 0 Å². The zero-order chi connectivity index (χ0) is 15.0. The highest BCUT2D eigenvalue weighted by atomic mass is 16.1. The Kier molecular flexibility index (Phi) is 6.97. The van der Waals surface area contributed by atoms with E-state index in [0.717, 1.165) is 25.8 Å². The van der Waals surface area contributed by atoms with Crippen LogP contribution in [0.3, 0.4) is 0 Å². The van der Waals surface area contributed by atoms with Crippen LogP contribution in [0.15, 0.2) is 24.3 Å². The molecule has 1 unspecified atom stereocenters. The summed E-state index contributed by atoms with van der Waals surface area (Å²) in [6.45, 7) is 7.91. The van der Waals surface area contributed by atoms with Crippen molar-refractivity contribution in [3.8, 4) is 6.07 Å². The Bertz CT molecular complexity index is 459. The Labute approximate surface area is 122 Å². The van der Waals surface area contributed by atoms with E-state index < -0.39 is 0 Å². The molecule has 0 aliphatic heterocycles. The summed E-state index contributed by atoms with van der Waals surface area (Å²) < 4.78 is 0. The first-order valence-corrected chi connectivity index (χ1v) is 7.39. The van der Waals surface area contributed by atoms with E-state index in [1.54, 1.807) is 24.3 Å². The van der Waals surface area contributed by atoms with Gasteiger partial charge in [-0.2, -0.15) is 5.26 Å². The first-order valence-electron chi connectivity index (χ1n) is 7.39. The molecule has 0 fully saturated rings. The summed E-state index contributed by atoms with van der Waals surface area (Å²) in [5.74, 6) is 0.130. The molecule has 0 bridgehead atoms. The second kappa shape index (κ2) is 8.50. The molecule has 0 aliphatic rings.